The third-order valence-electron chi connectivity index (χ3n) is 3.89. The van der Waals surface area contributed by atoms with E-state index in [0.29, 0.717) is 19.8 Å². The molecule has 0 aliphatic rings. The Labute approximate surface area is 164 Å². The summed E-state index contributed by atoms with van der Waals surface area (Å²) in [5.74, 6) is 1.67. The fourth-order valence-corrected chi connectivity index (χ4v) is 2.44. The zero-order chi connectivity index (χ0) is 19.7. The van der Waals surface area contributed by atoms with E-state index in [1.165, 1.54) is 0 Å². The molecule has 0 atom stereocenters. The zero-order valence-electron chi connectivity index (χ0n) is 17.3. The number of hydrogen-bond acceptors (Lipinski definition) is 5. The zero-order valence-corrected chi connectivity index (χ0v) is 17.3. The number of methoxy groups -OCH3 is 2. The molecular formula is C20H36N4O3. The lowest BCUT2D eigenvalue weighted by Gasteiger charge is -2.18. The van der Waals surface area contributed by atoms with Crippen LogP contribution >= 0.6 is 0 Å². The Balaban J connectivity index is 2.45. The molecule has 0 aliphatic heterocycles. The monoisotopic (exact) mass is 380 g/mol. The first-order valence-electron chi connectivity index (χ1n) is 9.60. The first kappa shape index (κ1) is 23.2. The molecule has 0 saturated heterocycles. The smallest absolute Gasteiger partial charge is 0.191 e. The van der Waals surface area contributed by atoms with Crippen molar-refractivity contribution in [3.63, 3.8) is 0 Å². The maximum atomic E-state index is 5.65. The summed E-state index contributed by atoms with van der Waals surface area (Å²) in [6.07, 6.45) is 1.05. The second kappa shape index (κ2) is 15.2. The van der Waals surface area contributed by atoms with Gasteiger partial charge in [0.15, 0.2) is 5.96 Å². The van der Waals surface area contributed by atoms with Crippen molar-refractivity contribution >= 4 is 5.96 Å². The average molecular weight is 381 g/mol. The van der Waals surface area contributed by atoms with Gasteiger partial charge in [0.05, 0.1) is 13.2 Å². The number of nitrogens with zero attached hydrogens (tertiary/aromatic N) is 2. The summed E-state index contributed by atoms with van der Waals surface area (Å²) in [4.78, 5) is 6.96. The lowest BCUT2D eigenvalue weighted by molar-refractivity contribution is 0.146. The van der Waals surface area contributed by atoms with E-state index in [1.807, 2.05) is 18.2 Å². The van der Waals surface area contributed by atoms with Crippen molar-refractivity contribution in [3.8, 4) is 5.75 Å². The minimum Gasteiger partial charge on any atom is -0.491 e. The van der Waals surface area contributed by atoms with Crippen LogP contribution in [0.4, 0.5) is 0 Å². The Kier molecular flexibility index (Phi) is 13.1. The van der Waals surface area contributed by atoms with Crippen LogP contribution in [0, 0.1) is 0 Å². The van der Waals surface area contributed by atoms with Gasteiger partial charge in [-0.2, -0.15) is 0 Å². The standard InChI is InChI=1S/C20H36N4O3/c1-5-21-20(22-10-12-24(2)11-7-13-25-3)23-17-18-8-6-9-19(16-18)27-15-14-26-4/h6,8-9,16H,5,7,10-15,17H2,1-4H3,(H2,21,22,23). The number of guanidine groups is 1. The Morgan fingerprint density at radius 2 is 1.89 bits per heavy atom. The first-order valence-corrected chi connectivity index (χ1v) is 9.60. The topological polar surface area (TPSA) is 67.4 Å². The van der Waals surface area contributed by atoms with Crippen molar-refractivity contribution in [2.24, 2.45) is 4.99 Å². The Morgan fingerprint density at radius 1 is 1.07 bits per heavy atom. The summed E-state index contributed by atoms with van der Waals surface area (Å²) in [6, 6.07) is 8.01. The van der Waals surface area contributed by atoms with E-state index in [-0.39, 0.29) is 0 Å². The van der Waals surface area contributed by atoms with Crippen LogP contribution in [0.2, 0.25) is 0 Å². The molecule has 2 N–H and O–H groups in total. The van der Waals surface area contributed by atoms with Gasteiger partial charge in [0.1, 0.15) is 12.4 Å². The average Bonchev–Trinajstić information content (AvgIpc) is 2.67. The van der Waals surface area contributed by atoms with Gasteiger partial charge in [-0.25, -0.2) is 4.99 Å². The van der Waals surface area contributed by atoms with Gasteiger partial charge in [0.25, 0.3) is 0 Å². The molecule has 0 aliphatic carbocycles. The number of rotatable bonds is 14. The van der Waals surface area contributed by atoms with Gasteiger partial charge < -0.3 is 29.7 Å². The Morgan fingerprint density at radius 3 is 2.63 bits per heavy atom. The number of hydrogen-bond donors (Lipinski definition) is 2. The van der Waals surface area contributed by atoms with Crippen molar-refractivity contribution < 1.29 is 14.2 Å². The van der Waals surface area contributed by atoms with Crippen LogP contribution in [0.25, 0.3) is 0 Å². The minimum atomic E-state index is 0.547. The number of aliphatic imine (C=N–C) groups is 1. The van der Waals surface area contributed by atoms with Crippen LogP contribution in [-0.2, 0) is 16.0 Å². The van der Waals surface area contributed by atoms with Gasteiger partial charge in [-0.05, 0) is 38.1 Å². The highest BCUT2D eigenvalue weighted by Gasteiger charge is 2.02. The van der Waals surface area contributed by atoms with Crippen LogP contribution in [-0.4, -0.2) is 78.1 Å². The van der Waals surface area contributed by atoms with E-state index in [4.69, 9.17) is 14.2 Å². The maximum Gasteiger partial charge on any atom is 0.191 e. The highest BCUT2D eigenvalue weighted by atomic mass is 16.5. The quantitative estimate of drug-likeness (QED) is 0.291. The van der Waals surface area contributed by atoms with Crippen LogP contribution in [0.5, 0.6) is 5.75 Å². The Bertz CT molecular complexity index is 526. The third kappa shape index (κ3) is 11.5. The van der Waals surface area contributed by atoms with Crippen LogP contribution < -0.4 is 15.4 Å². The van der Waals surface area contributed by atoms with E-state index < -0.39 is 0 Å². The number of ether oxygens (including phenoxy) is 3. The van der Waals surface area contributed by atoms with Gasteiger partial charge >= 0.3 is 0 Å². The predicted octanol–water partition coefficient (Wildman–Crippen LogP) is 1.74. The van der Waals surface area contributed by atoms with Gasteiger partial charge in [-0.1, -0.05) is 12.1 Å². The molecule has 0 unspecified atom stereocenters. The van der Waals surface area contributed by atoms with E-state index in [1.54, 1.807) is 14.2 Å². The summed E-state index contributed by atoms with van der Waals surface area (Å²) in [5.41, 5.74) is 1.11. The predicted molar refractivity (Wildman–Crippen MR) is 111 cm³/mol. The van der Waals surface area contributed by atoms with Crippen LogP contribution in [0.15, 0.2) is 29.3 Å². The van der Waals surface area contributed by atoms with E-state index in [2.05, 4.69) is 40.6 Å². The number of likely N-dealkylation sites (N-methyl/N-ethyl adjacent to an activating group) is 1. The molecule has 154 valence electrons. The van der Waals surface area contributed by atoms with Gasteiger partial charge in [0.2, 0.25) is 0 Å². The molecule has 1 rings (SSSR count). The summed E-state index contributed by atoms with van der Waals surface area (Å²) in [6.45, 7) is 8.25. The van der Waals surface area contributed by atoms with Crippen LogP contribution in [0.1, 0.15) is 18.9 Å². The molecule has 1 aromatic carbocycles. The molecule has 0 amide bonds. The van der Waals surface area contributed by atoms with Crippen LogP contribution in [0.3, 0.4) is 0 Å². The number of nitrogens with one attached hydrogen (secondary N) is 2. The van der Waals surface area contributed by atoms with E-state index in [0.717, 1.165) is 56.5 Å². The fraction of sp³-hybridized carbons (Fsp3) is 0.650. The molecule has 0 fully saturated rings. The van der Waals surface area contributed by atoms with E-state index in [9.17, 15) is 0 Å². The highest BCUT2D eigenvalue weighted by molar-refractivity contribution is 5.79. The molecule has 0 radical (unpaired) electrons. The third-order valence-corrected chi connectivity index (χ3v) is 3.89. The molecule has 0 saturated carbocycles. The van der Waals surface area contributed by atoms with Crippen molar-refractivity contribution in [1.29, 1.82) is 0 Å². The molecule has 7 heteroatoms. The lowest BCUT2D eigenvalue weighted by Crippen LogP contribution is -2.41. The molecule has 0 heterocycles. The molecule has 0 aromatic heterocycles. The SMILES string of the molecule is CCNC(=NCc1cccc(OCCOC)c1)NCCN(C)CCCOC. The molecule has 0 spiro atoms. The van der Waals surface area contributed by atoms with Crippen molar-refractivity contribution in [2.45, 2.75) is 19.9 Å². The molecule has 7 nitrogen and oxygen atoms in total. The molecule has 0 bridgehead atoms. The summed E-state index contributed by atoms with van der Waals surface area (Å²) in [5, 5.41) is 6.67. The van der Waals surface area contributed by atoms with Crippen molar-refractivity contribution in [1.82, 2.24) is 15.5 Å². The second-order valence-electron chi connectivity index (χ2n) is 6.26. The lowest BCUT2D eigenvalue weighted by atomic mass is 10.2. The minimum absolute atomic E-state index is 0.547. The van der Waals surface area contributed by atoms with Gasteiger partial charge in [-0.3, -0.25) is 0 Å². The molecular weight excluding hydrogens is 344 g/mol. The van der Waals surface area contributed by atoms with Crippen molar-refractivity contribution in [2.75, 3.05) is 67.3 Å². The summed E-state index contributed by atoms with van der Waals surface area (Å²) < 4.78 is 15.8. The molecule has 1 aromatic rings. The number of benzene rings is 1. The van der Waals surface area contributed by atoms with Gasteiger partial charge in [-0.15, -0.1) is 0 Å². The Hall–Kier alpha value is -1.83. The van der Waals surface area contributed by atoms with E-state index >= 15 is 0 Å². The van der Waals surface area contributed by atoms with Gasteiger partial charge in [0, 0.05) is 47.0 Å². The van der Waals surface area contributed by atoms with Crippen molar-refractivity contribution in [3.05, 3.63) is 29.8 Å². The fourth-order valence-electron chi connectivity index (χ4n) is 2.44. The molecule has 27 heavy (non-hydrogen) atoms. The summed E-state index contributed by atoms with van der Waals surface area (Å²) in [7, 11) is 5.53. The normalized spacial score (nSPS) is 11.7. The first-order chi connectivity index (χ1) is 13.2. The second-order valence-corrected chi connectivity index (χ2v) is 6.26. The maximum absolute atomic E-state index is 5.65. The summed E-state index contributed by atoms with van der Waals surface area (Å²) >= 11 is 0. The highest BCUT2D eigenvalue weighted by Crippen LogP contribution is 2.14. The largest absolute Gasteiger partial charge is 0.491 e.